The highest BCUT2D eigenvalue weighted by atomic mass is 16.2. The molecule has 0 spiro atoms. The van der Waals surface area contributed by atoms with Gasteiger partial charge in [0.15, 0.2) is 0 Å². The van der Waals surface area contributed by atoms with Gasteiger partial charge in [-0.15, -0.1) is 0 Å². The summed E-state index contributed by atoms with van der Waals surface area (Å²) in [5.41, 5.74) is 0. The summed E-state index contributed by atoms with van der Waals surface area (Å²) in [5.74, 6) is 0.690. The Morgan fingerprint density at radius 2 is 2.20 bits per heavy atom. The second-order valence-corrected chi connectivity index (χ2v) is 4.55. The molecule has 3 unspecified atom stereocenters. The van der Waals surface area contributed by atoms with Crippen molar-refractivity contribution in [3.63, 3.8) is 0 Å². The third-order valence-electron chi connectivity index (χ3n) is 3.40. The van der Waals surface area contributed by atoms with Crippen LogP contribution in [0.2, 0.25) is 0 Å². The van der Waals surface area contributed by atoms with Crippen LogP contribution < -0.4 is 5.32 Å². The quantitative estimate of drug-likeness (QED) is 0.738. The monoisotopic (exact) mass is 210 g/mol. The molecule has 1 aliphatic heterocycles. The van der Waals surface area contributed by atoms with Crippen LogP contribution in [0.3, 0.4) is 0 Å². The van der Waals surface area contributed by atoms with Crippen molar-refractivity contribution in [2.45, 2.75) is 45.2 Å². The molecule has 2 fully saturated rings. The van der Waals surface area contributed by atoms with E-state index in [0.717, 1.165) is 12.8 Å². The largest absolute Gasteiger partial charge is 0.345 e. The molecule has 2 amide bonds. The average Bonchev–Trinajstić information content (AvgIpc) is 2.93. The molecule has 0 aromatic rings. The van der Waals surface area contributed by atoms with Crippen molar-refractivity contribution in [1.82, 2.24) is 10.2 Å². The highest BCUT2D eigenvalue weighted by Crippen LogP contribution is 2.40. The Kier molecular flexibility index (Phi) is 2.67. The van der Waals surface area contributed by atoms with Crippen LogP contribution in [0.5, 0.6) is 0 Å². The van der Waals surface area contributed by atoms with Crippen molar-refractivity contribution in [2.75, 3.05) is 6.54 Å². The summed E-state index contributed by atoms with van der Waals surface area (Å²) in [7, 11) is 0. The van der Waals surface area contributed by atoms with Crippen molar-refractivity contribution in [1.29, 1.82) is 0 Å². The van der Waals surface area contributed by atoms with Crippen molar-refractivity contribution in [2.24, 2.45) is 5.92 Å². The molecule has 15 heavy (non-hydrogen) atoms. The number of hydrogen-bond acceptors (Lipinski definition) is 2. The van der Waals surface area contributed by atoms with E-state index >= 15 is 0 Å². The summed E-state index contributed by atoms with van der Waals surface area (Å²) in [6.45, 7) is 4.15. The summed E-state index contributed by atoms with van der Waals surface area (Å²) in [6.07, 6.45) is 3.41. The van der Waals surface area contributed by atoms with E-state index in [1.54, 1.807) is 4.90 Å². The van der Waals surface area contributed by atoms with Crippen LogP contribution in [0.4, 0.5) is 0 Å². The van der Waals surface area contributed by atoms with E-state index in [1.165, 1.54) is 6.42 Å². The summed E-state index contributed by atoms with van der Waals surface area (Å²) < 4.78 is 0. The number of carbonyl (C=O) groups is 2. The van der Waals surface area contributed by atoms with Gasteiger partial charge in [0.25, 0.3) is 0 Å². The maximum atomic E-state index is 11.7. The molecule has 2 aliphatic rings. The highest BCUT2D eigenvalue weighted by molar-refractivity contribution is 5.94. The molecule has 0 radical (unpaired) electrons. The topological polar surface area (TPSA) is 49.4 Å². The SMILES string of the molecule is CCCC1CC1N1C(=O)CNC(=O)C1C. The summed E-state index contributed by atoms with van der Waals surface area (Å²) in [5, 5.41) is 2.61. The van der Waals surface area contributed by atoms with Gasteiger partial charge in [0, 0.05) is 6.04 Å². The predicted octanol–water partition coefficient (Wildman–Crippen LogP) is 0.522. The minimum atomic E-state index is -0.280. The van der Waals surface area contributed by atoms with E-state index in [-0.39, 0.29) is 24.4 Å². The van der Waals surface area contributed by atoms with Crippen LogP contribution in [0, 0.1) is 5.92 Å². The molecule has 1 saturated carbocycles. The molecule has 3 atom stereocenters. The number of nitrogens with zero attached hydrogens (tertiary/aromatic N) is 1. The van der Waals surface area contributed by atoms with Crippen molar-refractivity contribution in [3.05, 3.63) is 0 Å². The zero-order valence-corrected chi connectivity index (χ0v) is 9.32. The molecule has 1 aliphatic carbocycles. The minimum absolute atomic E-state index is 0.0169. The molecule has 4 heteroatoms. The summed E-state index contributed by atoms with van der Waals surface area (Å²) >= 11 is 0. The van der Waals surface area contributed by atoms with Crippen molar-refractivity contribution >= 4 is 11.8 Å². The molecular weight excluding hydrogens is 192 g/mol. The lowest BCUT2D eigenvalue weighted by Gasteiger charge is -2.33. The first kappa shape index (κ1) is 10.5. The Morgan fingerprint density at radius 3 is 2.87 bits per heavy atom. The minimum Gasteiger partial charge on any atom is -0.345 e. The van der Waals surface area contributed by atoms with Gasteiger partial charge in [-0.25, -0.2) is 0 Å². The summed E-state index contributed by atoms with van der Waals surface area (Å²) in [4.78, 5) is 24.9. The van der Waals surface area contributed by atoms with Crippen LogP contribution in [-0.2, 0) is 9.59 Å². The molecule has 0 bridgehead atoms. The molecule has 2 rings (SSSR count). The Bertz CT molecular complexity index is 290. The van der Waals surface area contributed by atoms with Gasteiger partial charge < -0.3 is 10.2 Å². The first-order valence-corrected chi connectivity index (χ1v) is 5.74. The first-order valence-electron chi connectivity index (χ1n) is 5.74. The zero-order valence-electron chi connectivity index (χ0n) is 9.32. The Balaban J connectivity index is 2.01. The molecule has 4 nitrogen and oxygen atoms in total. The third-order valence-corrected chi connectivity index (χ3v) is 3.40. The number of carbonyl (C=O) groups excluding carboxylic acids is 2. The summed E-state index contributed by atoms with van der Waals surface area (Å²) in [6, 6.07) is 0.0524. The molecule has 1 heterocycles. The van der Waals surface area contributed by atoms with Crippen molar-refractivity contribution < 1.29 is 9.59 Å². The lowest BCUT2D eigenvalue weighted by atomic mass is 10.1. The Morgan fingerprint density at radius 1 is 1.47 bits per heavy atom. The van der Waals surface area contributed by atoms with E-state index < -0.39 is 0 Å². The smallest absolute Gasteiger partial charge is 0.242 e. The van der Waals surface area contributed by atoms with E-state index in [9.17, 15) is 9.59 Å². The number of amides is 2. The van der Waals surface area contributed by atoms with Gasteiger partial charge in [-0.1, -0.05) is 13.3 Å². The lowest BCUT2D eigenvalue weighted by molar-refractivity contribution is -0.145. The van der Waals surface area contributed by atoms with Crippen LogP contribution in [0.25, 0.3) is 0 Å². The van der Waals surface area contributed by atoms with E-state index in [0.29, 0.717) is 12.0 Å². The molecule has 1 N–H and O–H groups in total. The van der Waals surface area contributed by atoms with Crippen molar-refractivity contribution in [3.8, 4) is 0 Å². The van der Waals surface area contributed by atoms with Crippen LogP contribution in [0.1, 0.15) is 33.1 Å². The van der Waals surface area contributed by atoms with Crippen LogP contribution in [0.15, 0.2) is 0 Å². The normalized spacial score (nSPS) is 35.3. The number of piperazine rings is 1. The Hall–Kier alpha value is -1.06. The molecular formula is C11H18N2O2. The van der Waals surface area contributed by atoms with E-state index in [2.05, 4.69) is 12.2 Å². The fourth-order valence-corrected chi connectivity index (χ4v) is 2.47. The fraction of sp³-hybridized carbons (Fsp3) is 0.818. The second-order valence-electron chi connectivity index (χ2n) is 4.55. The average molecular weight is 210 g/mol. The molecule has 0 aromatic carbocycles. The maximum Gasteiger partial charge on any atom is 0.242 e. The van der Waals surface area contributed by atoms with Gasteiger partial charge in [0.05, 0.1) is 6.54 Å². The zero-order chi connectivity index (χ0) is 11.0. The van der Waals surface area contributed by atoms with Crippen LogP contribution >= 0.6 is 0 Å². The number of hydrogen-bond donors (Lipinski definition) is 1. The van der Waals surface area contributed by atoms with Crippen LogP contribution in [-0.4, -0.2) is 35.3 Å². The second kappa shape index (κ2) is 3.83. The molecule has 84 valence electrons. The van der Waals surface area contributed by atoms with Gasteiger partial charge >= 0.3 is 0 Å². The van der Waals surface area contributed by atoms with Gasteiger partial charge in [0.2, 0.25) is 11.8 Å². The van der Waals surface area contributed by atoms with E-state index in [4.69, 9.17) is 0 Å². The maximum absolute atomic E-state index is 11.7. The lowest BCUT2D eigenvalue weighted by Crippen LogP contribution is -2.58. The van der Waals surface area contributed by atoms with E-state index in [1.807, 2.05) is 6.92 Å². The standard InChI is InChI=1S/C11H18N2O2/c1-3-4-8-5-9(8)13-7(2)11(15)12-6-10(13)14/h7-9H,3-6H2,1-2H3,(H,12,15). The Labute approximate surface area is 90.0 Å². The predicted molar refractivity (Wildman–Crippen MR) is 56.1 cm³/mol. The third kappa shape index (κ3) is 1.85. The highest BCUT2D eigenvalue weighted by Gasteiger charge is 2.47. The number of rotatable bonds is 3. The number of nitrogens with one attached hydrogen (secondary N) is 1. The van der Waals surface area contributed by atoms with Gasteiger partial charge in [0.1, 0.15) is 6.04 Å². The van der Waals surface area contributed by atoms with Gasteiger partial charge in [-0.05, 0) is 25.7 Å². The molecule has 1 saturated heterocycles. The van der Waals surface area contributed by atoms with Gasteiger partial charge in [-0.3, -0.25) is 9.59 Å². The van der Waals surface area contributed by atoms with Gasteiger partial charge in [-0.2, -0.15) is 0 Å². The molecule has 0 aromatic heterocycles. The first-order chi connectivity index (χ1) is 7.15. The fourth-order valence-electron chi connectivity index (χ4n) is 2.47.